The summed E-state index contributed by atoms with van der Waals surface area (Å²) in [6, 6.07) is 0.589. The molecule has 0 spiro atoms. The van der Waals surface area contributed by atoms with Gasteiger partial charge in [0.2, 0.25) is 5.91 Å². The molecule has 1 aliphatic carbocycles. The highest BCUT2D eigenvalue weighted by atomic mass is 32.2. The predicted octanol–water partition coefficient (Wildman–Crippen LogP) is 1.53. The van der Waals surface area contributed by atoms with Crippen molar-refractivity contribution in [3.8, 4) is 0 Å². The van der Waals surface area contributed by atoms with E-state index < -0.39 is 0 Å². The van der Waals surface area contributed by atoms with Crippen LogP contribution < -0.4 is 10.6 Å². The van der Waals surface area contributed by atoms with Gasteiger partial charge in [0.15, 0.2) is 0 Å². The number of rotatable bonds is 5. The van der Waals surface area contributed by atoms with Crippen LogP contribution in [-0.4, -0.2) is 36.0 Å². The van der Waals surface area contributed by atoms with Crippen molar-refractivity contribution in [1.82, 2.24) is 10.6 Å². The quantitative estimate of drug-likeness (QED) is 0.768. The van der Waals surface area contributed by atoms with Gasteiger partial charge in [0.1, 0.15) is 0 Å². The highest BCUT2D eigenvalue weighted by molar-refractivity contribution is 8.00. The molecule has 2 N–H and O–H groups in total. The Morgan fingerprint density at radius 3 is 2.69 bits per heavy atom. The first kappa shape index (κ1) is 12.2. The summed E-state index contributed by atoms with van der Waals surface area (Å²) in [6.45, 7) is 1.36. The lowest BCUT2D eigenvalue weighted by Crippen LogP contribution is -2.40. The zero-order chi connectivity index (χ0) is 11.2. The van der Waals surface area contributed by atoms with E-state index in [2.05, 4.69) is 10.6 Å². The monoisotopic (exact) mass is 242 g/mol. The summed E-state index contributed by atoms with van der Waals surface area (Å²) in [5, 5.41) is 7.03. The van der Waals surface area contributed by atoms with Crippen molar-refractivity contribution in [2.24, 2.45) is 0 Å². The van der Waals surface area contributed by atoms with Crippen molar-refractivity contribution in [2.75, 3.05) is 18.8 Å². The number of carbonyl (C=O) groups is 1. The van der Waals surface area contributed by atoms with Gasteiger partial charge in [0, 0.05) is 17.8 Å². The van der Waals surface area contributed by atoms with Crippen molar-refractivity contribution < 1.29 is 4.79 Å². The van der Waals surface area contributed by atoms with Crippen LogP contribution in [0.15, 0.2) is 0 Å². The third-order valence-electron chi connectivity index (χ3n) is 3.46. The van der Waals surface area contributed by atoms with Crippen molar-refractivity contribution in [3.05, 3.63) is 0 Å². The van der Waals surface area contributed by atoms with Crippen LogP contribution in [0.2, 0.25) is 0 Å². The third kappa shape index (κ3) is 3.98. The first-order chi connectivity index (χ1) is 7.84. The molecule has 0 aromatic heterocycles. The molecule has 1 saturated carbocycles. The Hall–Kier alpha value is -0.220. The van der Waals surface area contributed by atoms with Gasteiger partial charge in [-0.2, -0.15) is 11.8 Å². The third-order valence-corrected chi connectivity index (χ3v) is 4.86. The fourth-order valence-corrected chi connectivity index (χ4v) is 3.66. The lowest BCUT2D eigenvalue weighted by Gasteiger charge is -2.13. The molecule has 1 aliphatic heterocycles. The standard InChI is InChI=1S/C12H22N2OS/c15-12(9-13-10-4-1-2-5-10)14-8-11-6-3-7-16-11/h10-11,13H,1-9H2,(H,14,15). The highest BCUT2D eigenvalue weighted by Crippen LogP contribution is 2.25. The Bertz CT molecular complexity index is 201. The second-order valence-electron chi connectivity index (χ2n) is 4.80. The zero-order valence-electron chi connectivity index (χ0n) is 9.84. The molecule has 4 heteroatoms. The van der Waals surface area contributed by atoms with Crippen LogP contribution in [0.4, 0.5) is 0 Å². The molecule has 3 nitrogen and oxygen atoms in total. The second kappa shape index (κ2) is 6.50. The lowest BCUT2D eigenvalue weighted by atomic mass is 10.2. The molecule has 0 aromatic carbocycles. The number of hydrogen-bond acceptors (Lipinski definition) is 3. The summed E-state index contributed by atoms with van der Waals surface area (Å²) in [5.41, 5.74) is 0. The van der Waals surface area contributed by atoms with Crippen molar-refractivity contribution in [3.63, 3.8) is 0 Å². The smallest absolute Gasteiger partial charge is 0.234 e. The molecule has 1 saturated heterocycles. The van der Waals surface area contributed by atoms with Gasteiger partial charge in [-0.3, -0.25) is 4.79 Å². The maximum atomic E-state index is 11.6. The predicted molar refractivity (Wildman–Crippen MR) is 68.7 cm³/mol. The average molecular weight is 242 g/mol. The number of amides is 1. The van der Waals surface area contributed by atoms with Crippen LogP contribution in [0, 0.1) is 0 Å². The second-order valence-corrected chi connectivity index (χ2v) is 6.21. The van der Waals surface area contributed by atoms with Gasteiger partial charge in [0.25, 0.3) is 0 Å². The van der Waals surface area contributed by atoms with Crippen molar-refractivity contribution in [2.45, 2.75) is 49.8 Å². The van der Waals surface area contributed by atoms with Gasteiger partial charge in [-0.05, 0) is 31.4 Å². The Morgan fingerprint density at radius 2 is 2.00 bits per heavy atom. The van der Waals surface area contributed by atoms with Gasteiger partial charge in [-0.1, -0.05) is 12.8 Å². The minimum atomic E-state index is 0.166. The van der Waals surface area contributed by atoms with E-state index in [1.807, 2.05) is 11.8 Å². The molecule has 92 valence electrons. The van der Waals surface area contributed by atoms with Gasteiger partial charge < -0.3 is 10.6 Å². The van der Waals surface area contributed by atoms with E-state index in [1.165, 1.54) is 44.3 Å². The van der Waals surface area contributed by atoms with Gasteiger partial charge in [-0.25, -0.2) is 0 Å². The Morgan fingerprint density at radius 1 is 1.19 bits per heavy atom. The number of carbonyl (C=O) groups excluding carboxylic acids is 1. The molecule has 1 heterocycles. The number of nitrogens with one attached hydrogen (secondary N) is 2. The molecule has 1 atom stereocenters. The maximum absolute atomic E-state index is 11.6. The van der Waals surface area contributed by atoms with Crippen molar-refractivity contribution >= 4 is 17.7 Å². The normalized spacial score (nSPS) is 26.1. The topological polar surface area (TPSA) is 41.1 Å². The summed E-state index contributed by atoms with van der Waals surface area (Å²) in [7, 11) is 0. The van der Waals surface area contributed by atoms with E-state index >= 15 is 0 Å². The van der Waals surface area contributed by atoms with Gasteiger partial charge in [0.05, 0.1) is 6.54 Å². The summed E-state index contributed by atoms with van der Waals surface area (Å²) in [6.07, 6.45) is 7.69. The molecular weight excluding hydrogens is 220 g/mol. The first-order valence-corrected chi connectivity index (χ1v) is 7.51. The molecule has 2 rings (SSSR count). The van der Waals surface area contributed by atoms with Gasteiger partial charge >= 0.3 is 0 Å². The highest BCUT2D eigenvalue weighted by Gasteiger charge is 2.17. The largest absolute Gasteiger partial charge is 0.354 e. The minimum absolute atomic E-state index is 0.166. The van der Waals surface area contributed by atoms with E-state index in [-0.39, 0.29) is 5.91 Å². The number of thioether (sulfide) groups is 1. The lowest BCUT2D eigenvalue weighted by molar-refractivity contribution is -0.120. The first-order valence-electron chi connectivity index (χ1n) is 6.46. The van der Waals surface area contributed by atoms with Crippen LogP contribution in [0.5, 0.6) is 0 Å². The molecule has 0 bridgehead atoms. The summed E-state index contributed by atoms with van der Waals surface area (Å²) < 4.78 is 0. The van der Waals surface area contributed by atoms with E-state index in [4.69, 9.17) is 0 Å². The van der Waals surface area contributed by atoms with Crippen LogP contribution in [-0.2, 0) is 4.79 Å². The van der Waals surface area contributed by atoms with Crippen molar-refractivity contribution in [1.29, 1.82) is 0 Å². The molecule has 0 radical (unpaired) electrons. The average Bonchev–Trinajstić information content (AvgIpc) is 2.96. The zero-order valence-corrected chi connectivity index (χ0v) is 10.7. The number of hydrogen-bond donors (Lipinski definition) is 2. The van der Waals surface area contributed by atoms with Crippen LogP contribution in [0.25, 0.3) is 0 Å². The maximum Gasteiger partial charge on any atom is 0.234 e. The molecule has 1 amide bonds. The fourth-order valence-electron chi connectivity index (χ4n) is 2.46. The van der Waals surface area contributed by atoms with Crippen LogP contribution in [0.3, 0.4) is 0 Å². The summed E-state index contributed by atoms with van der Waals surface area (Å²) in [5.74, 6) is 1.43. The molecule has 2 aliphatic rings. The molecule has 0 aromatic rings. The summed E-state index contributed by atoms with van der Waals surface area (Å²) in [4.78, 5) is 11.6. The SMILES string of the molecule is O=C(CNC1CCCC1)NCC1CCCS1. The van der Waals surface area contributed by atoms with E-state index in [1.54, 1.807) is 0 Å². The van der Waals surface area contributed by atoms with Crippen LogP contribution >= 0.6 is 11.8 Å². The summed E-state index contributed by atoms with van der Waals surface area (Å²) >= 11 is 1.99. The van der Waals surface area contributed by atoms with Crippen LogP contribution in [0.1, 0.15) is 38.5 Å². The Balaban J connectivity index is 1.53. The molecule has 1 unspecified atom stereocenters. The molecule has 2 fully saturated rings. The minimum Gasteiger partial charge on any atom is -0.354 e. The Labute approximate surface area is 102 Å². The molecular formula is C12H22N2OS. The van der Waals surface area contributed by atoms with E-state index in [0.29, 0.717) is 17.8 Å². The van der Waals surface area contributed by atoms with E-state index in [9.17, 15) is 4.79 Å². The van der Waals surface area contributed by atoms with Gasteiger partial charge in [-0.15, -0.1) is 0 Å². The molecule has 16 heavy (non-hydrogen) atoms. The van der Waals surface area contributed by atoms with E-state index in [0.717, 1.165) is 6.54 Å². The Kier molecular flexibility index (Phi) is 4.97. The fraction of sp³-hybridized carbons (Fsp3) is 0.917.